The van der Waals surface area contributed by atoms with Gasteiger partial charge in [0.2, 0.25) is 0 Å². The van der Waals surface area contributed by atoms with Crippen LogP contribution in [0.3, 0.4) is 0 Å². The first-order valence-corrected chi connectivity index (χ1v) is 7.29. The molecule has 0 amide bonds. The highest BCUT2D eigenvalue weighted by molar-refractivity contribution is 9.10. The van der Waals surface area contributed by atoms with Crippen molar-refractivity contribution in [3.63, 3.8) is 0 Å². The molecule has 20 heavy (non-hydrogen) atoms. The summed E-state index contributed by atoms with van der Waals surface area (Å²) in [5, 5.41) is 0. The summed E-state index contributed by atoms with van der Waals surface area (Å²) in [7, 11) is 2.03. The molecule has 0 saturated heterocycles. The average molecular weight is 337 g/mol. The molecule has 2 nitrogen and oxygen atoms in total. The Bertz CT molecular complexity index is 539. The van der Waals surface area contributed by atoms with Crippen molar-refractivity contribution < 1.29 is 4.39 Å². The smallest absolute Gasteiger partial charge is 0.123 e. The van der Waals surface area contributed by atoms with Crippen molar-refractivity contribution in [3.05, 3.63) is 69.9 Å². The second-order valence-electron chi connectivity index (χ2n) is 4.84. The maximum Gasteiger partial charge on any atom is 0.123 e. The molecule has 0 aliphatic heterocycles. The van der Waals surface area contributed by atoms with E-state index in [1.165, 1.54) is 17.7 Å². The Balaban J connectivity index is 2.10. The Morgan fingerprint density at radius 3 is 2.25 bits per heavy atom. The number of rotatable bonds is 5. The SMILES string of the molecule is CN(Cc1ccc(F)cc1)C(CN)c1ccc(Br)cc1. The normalized spacial score (nSPS) is 12.7. The van der Waals surface area contributed by atoms with Crippen molar-refractivity contribution in [1.82, 2.24) is 4.90 Å². The molecule has 0 aliphatic carbocycles. The number of hydrogen-bond donors (Lipinski definition) is 1. The van der Waals surface area contributed by atoms with Gasteiger partial charge in [-0.3, -0.25) is 4.90 Å². The Morgan fingerprint density at radius 1 is 1.10 bits per heavy atom. The Morgan fingerprint density at radius 2 is 1.70 bits per heavy atom. The zero-order valence-electron chi connectivity index (χ0n) is 11.4. The molecule has 0 bridgehead atoms. The van der Waals surface area contributed by atoms with Crippen LogP contribution >= 0.6 is 15.9 Å². The van der Waals surface area contributed by atoms with Gasteiger partial charge in [-0.25, -0.2) is 4.39 Å². The third kappa shape index (κ3) is 3.88. The molecule has 2 N–H and O–H groups in total. The van der Waals surface area contributed by atoms with Crippen LogP contribution in [-0.4, -0.2) is 18.5 Å². The second kappa shape index (κ2) is 6.97. The minimum atomic E-state index is -0.209. The summed E-state index contributed by atoms with van der Waals surface area (Å²) in [4.78, 5) is 2.18. The topological polar surface area (TPSA) is 29.3 Å². The second-order valence-corrected chi connectivity index (χ2v) is 5.76. The number of likely N-dealkylation sites (N-methyl/N-ethyl adjacent to an activating group) is 1. The van der Waals surface area contributed by atoms with Crippen molar-refractivity contribution in [1.29, 1.82) is 0 Å². The Kier molecular flexibility index (Phi) is 5.29. The van der Waals surface area contributed by atoms with Crippen molar-refractivity contribution in [2.45, 2.75) is 12.6 Å². The van der Waals surface area contributed by atoms with E-state index in [4.69, 9.17) is 5.73 Å². The fraction of sp³-hybridized carbons (Fsp3) is 0.250. The van der Waals surface area contributed by atoms with Gasteiger partial charge in [0.05, 0.1) is 0 Å². The van der Waals surface area contributed by atoms with Gasteiger partial charge in [0.1, 0.15) is 5.82 Å². The average Bonchev–Trinajstić information content (AvgIpc) is 2.44. The summed E-state index contributed by atoms with van der Waals surface area (Å²) in [5.74, 6) is -0.209. The lowest BCUT2D eigenvalue weighted by Crippen LogP contribution is -2.30. The predicted molar refractivity (Wildman–Crippen MR) is 83.8 cm³/mol. The van der Waals surface area contributed by atoms with Crippen molar-refractivity contribution >= 4 is 15.9 Å². The van der Waals surface area contributed by atoms with E-state index in [0.717, 1.165) is 16.6 Å². The van der Waals surface area contributed by atoms with Gasteiger partial charge in [-0.1, -0.05) is 40.2 Å². The molecule has 0 saturated carbocycles. The van der Waals surface area contributed by atoms with Crippen LogP contribution in [0.1, 0.15) is 17.2 Å². The Labute approximate surface area is 127 Å². The van der Waals surface area contributed by atoms with E-state index in [2.05, 4.69) is 33.0 Å². The van der Waals surface area contributed by atoms with Gasteiger partial charge >= 0.3 is 0 Å². The number of nitrogens with zero attached hydrogens (tertiary/aromatic N) is 1. The number of benzene rings is 2. The number of hydrogen-bond acceptors (Lipinski definition) is 2. The van der Waals surface area contributed by atoms with Crippen molar-refractivity contribution in [2.24, 2.45) is 5.73 Å². The van der Waals surface area contributed by atoms with Crippen LogP contribution in [0, 0.1) is 5.82 Å². The third-order valence-corrected chi connectivity index (χ3v) is 3.88. The molecule has 1 atom stereocenters. The van der Waals surface area contributed by atoms with Gasteiger partial charge in [0, 0.05) is 23.6 Å². The molecule has 4 heteroatoms. The Hall–Kier alpha value is -1.23. The quantitative estimate of drug-likeness (QED) is 0.901. The van der Waals surface area contributed by atoms with Crippen LogP contribution in [0.5, 0.6) is 0 Å². The predicted octanol–water partition coefficient (Wildman–Crippen LogP) is 3.72. The first-order valence-electron chi connectivity index (χ1n) is 6.50. The first-order chi connectivity index (χ1) is 9.60. The van der Waals surface area contributed by atoms with Crippen molar-refractivity contribution in [3.8, 4) is 0 Å². The molecule has 2 aromatic rings. The molecule has 0 aromatic heterocycles. The third-order valence-electron chi connectivity index (χ3n) is 3.36. The maximum absolute atomic E-state index is 12.9. The van der Waals surface area contributed by atoms with Gasteiger partial charge in [0.15, 0.2) is 0 Å². The lowest BCUT2D eigenvalue weighted by atomic mass is 10.1. The van der Waals surface area contributed by atoms with Crippen LogP contribution in [0.4, 0.5) is 4.39 Å². The minimum Gasteiger partial charge on any atom is -0.329 e. The van der Waals surface area contributed by atoms with Crippen LogP contribution in [-0.2, 0) is 6.54 Å². The monoisotopic (exact) mass is 336 g/mol. The van der Waals surface area contributed by atoms with Gasteiger partial charge in [-0.05, 0) is 42.4 Å². The van der Waals surface area contributed by atoms with Gasteiger partial charge in [-0.15, -0.1) is 0 Å². The molecular weight excluding hydrogens is 319 g/mol. The zero-order valence-corrected chi connectivity index (χ0v) is 13.0. The fourth-order valence-corrected chi connectivity index (χ4v) is 2.51. The standard InChI is InChI=1S/C16H18BrFN2/c1-20(11-12-2-8-15(18)9-3-12)16(10-19)13-4-6-14(17)7-5-13/h2-9,16H,10-11,19H2,1H3. The van der Waals surface area contributed by atoms with Gasteiger partial charge in [0.25, 0.3) is 0 Å². The molecule has 1 unspecified atom stereocenters. The highest BCUT2D eigenvalue weighted by Gasteiger charge is 2.15. The molecule has 0 spiro atoms. The molecule has 0 fully saturated rings. The summed E-state index contributed by atoms with van der Waals surface area (Å²) in [6.45, 7) is 1.28. The van der Waals surface area contributed by atoms with E-state index in [-0.39, 0.29) is 11.9 Å². The summed E-state index contributed by atoms with van der Waals surface area (Å²) >= 11 is 3.43. The maximum atomic E-state index is 12.9. The van der Waals surface area contributed by atoms with Crippen LogP contribution in [0.2, 0.25) is 0 Å². The van der Waals surface area contributed by atoms with Crippen LogP contribution in [0.15, 0.2) is 53.0 Å². The van der Waals surface area contributed by atoms with E-state index in [1.807, 2.05) is 19.2 Å². The molecule has 106 valence electrons. The molecule has 2 rings (SSSR count). The minimum absolute atomic E-state index is 0.146. The lowest BCUT2D eigenvalue weighted by Gasteiger charge is -2.27. The van der Waals surface area contributed by atoms with E-state index >= 15 is 0 Å². The highest BCUT2D eigenvalue weighted by Crippen LogP contribution is 2.22. The molecule has 2 aromatic carbocycles. The van der Waals surface area contributed by atoms with E-state index in [0.29, 0.717) is 6.54 Å². The van der Waals surface area contributed by atoms with Gasteiger partial charge < -0.3 is 5.73 Å². The molecule has 0 heterocycles. The largest absolute Gasteiger partial charge is 0.329 e. The molecular formula is C16H18BrFN2. The number of nitrogens with two attached hydrogens (primary N) is 1. The van der Waals surface area contributed by atoms with E-state index in [9.17, 15) is 4.39 Å². The van der Waals surface area contributed by atoms with Crippen LogP contribution in [0.25, 0.3) is 0 Å². The van der Waals surface area contributed by atoms with Crippen molar-refractivity contribution in [2.75, 3.05) is 13.6 Å². The summed E-state index contributed by atoms with van der Waals surface area (Å²) in [6.07, 6.45) is 0. The van der Waals surface area contributed by atoms with Crippen LogP contribution < -0.4 is 5.73 Å². The van der Waals surface area contributed by atoms with E-state index in [1.54, 1.807) is 12.1 Å². The van der Waals surface area contributed by atoms with E-state index < -0.39 is 0 Å². The fourth-order valence-electron chi connectivity index (χ4n) is 2.24. The molecule has 0 aliphatic rings. The zero-order chi connectivity index (χ0) is 14.5. The highest BCUT2D eigenvalue weighted by atomic mass is 79.9. The number of halogens is 2. The summed E-state index contributed by atoms with van der Waals surface area (Å²) < 4.78 is 14.0. The lowest BCUT2D eigenvalue weighted by molar-refractivity contribution is 0.241. The first kappa shape index (κ1) is 15.2. The summed E-state index contributed by atoms with van der Waals surface area (Å²) in [5.41, 5.74) is 8.16. The molecule has 0 radical (unpaired) electrons. The van der Waals surface area contributed by atoms with Gasteiger partial charge in [-0.2, -0.15) is 0 Å². The summed E-state index contributed by atoms with van der Waals surface area (Å²) in [6, 6.07) is 14.9.